The quantitative estimate of drug-likeness (QED) is 0.419. The highest BCUT2D eigenvalue weighted by molar-refractivity contribution is 7.10. The van der Waals surface area contributed by atoms with Gasteiger partial charge in [0, 0.05) is 48.1 Å². The summed E-state index contributed by atoms with van der Waals surface area (Å²) in [4.78, 5) is 31.5. The summed E-state index contributed by atoms with van der Waals surface area (Å²) in [5.74, 6) is -0.0937. The van der Waals surface area contributed by atoms with Crippen LogP contribution in [0.3, 0.4) is 0 Å². The number of methoxy groups -OCH3 is 1. The van der Waals surface area contributed by atoms with Crippen LogP contribution in [-0.4, -0.2) is 55.0 Å². The third-order valence-electron chi connectivity index (χ3n) is 5.68. The number of fused-ring (bicyclic) bond motifs is 1. The summed E-state index contributed by atoms with van der Waals surface area (Å²) in [5.41, 5.74) is 1.78. The molecule has 2 aromatic rings. The lowest BCUT2D eigenvalue weighted by molar-refractivity contribution is -0.142. The number of carbonyl (C=O) groups is 2. The van der Waals surface area contributed by atoms with E-state index in [0.29, 0.717) is 42.6 Å². The first-order chi connectivity index (χ1) is 15.6. The molecule has 33 heavy (non-hydrogen) atoms. The number of benzene rings is 1. The first-order valence-corrected chi connectivity index (χ1v) is 12.8. The minimum absolute atomic E-state index is 0.0127. The van der Waals surface area contributed by atoms with Crippen molar-refractivity contribution in [1.29, 1.82) is 0 Å². The number of halogens is 2. The highest BCUT2D eigenvalue weighted by Gasteiger charge is 2.35. The molecule has 0 fully saturated rings. The second kappa shape index (κ2) is 11.2. The fraction of sp³-hybridized carbons (Fsp3) is 0.520. The number of thiophene rings is 1. The molecular formula is C25H32Cl2N2O3S. The van der Waals surface area contributed by atoms with Crippen molar-refractivity contribution in [3.63, 3.8) is 0 Å². The molecule has 0 radical (unpaired) electrons. The maximum absolute atomic E-state index is 13.6. The molecule has 0 N–H and O–H groups in total. The van der Waals surface area contributed by atoms with E-state index < -0.39 is 0 Å². The average molecular weight is 512 g/mol. The molecule has 1 aromatic carbocycles. The number of amides is 2. The molecule has 0 saturated heterocycles. The van der Waals surface area contributed by atoms with E-state index in [4.69, 9.17) is 27.9 Å². The molecule has 1 unspecified atom stereocenters. The molecule has 1 aliphatic rings. The van der Waals surface area contributed by atoms with Crippen molar-refractivity contribution >= 4 is 46.4 Å². The summed E-state index contributed by atoms with van der Waals surface area (Å²) in [6, 6.07) is 7.18. The maximum atomic E-state index is 13.6. The standard InChI is InChI=1S/C25H32Cl2N2O3S/c1-25(2,3)15-22(30)28(10-5-12-32-4)16-23(31)29-11-8-21-19(9-13-33-21)24(29)18-7-6-17(26)14-20(18)27/h6-7,9,13-14,24H,5,8,10-12,15-16H2,1-4H3. The Labute approximate surface area is 210 Å². The van der Waals surface area contributed by atoms with Gasteiger partial charge in [0.1, 0.15) is 0 Å². The molecule has 1 aromatic heterocycles. The molecule has 0 saturated carbocycles. The van der Waals surface area contributed by atoms with Crippen molar-refractivity contribution in [3.05, 3.63) is 55.7 Å². The van der Waals surface area contributed by atoms with Gasteiger partial charge >= 0.3 is 0 Å². The van der Waals surface area contributed by atoms with Crippen molar-refractivity contribution in [1.82, 2.24) is 9.80 Å². The number of hydrogen-bond acceptors (Lipinski definition) is 4. The van der Waals surface area contributed by atoms with Gasteiger partial charge in [-0.1, -0.05) is 50.0 Å². The largest absolute Gasteiger partial charge is 0.385 e. The summed E-state index contributed by atoms with van der Waals surface area (Å²) in [7, 11) is 1.64. The molecule has 3 rings (SSSR count). The minimum Gasteiger partial charge on any atom is -0.385 e. The van der Waals surface area contributed by atoms with Crippen molar-refractivity contribution in [2.75, 3.05) is 33.4 Å². The van der Waals surface area contributed by atoms with E-state index in [2.05, 4.69) is 11.4 Å². The van der Waals surface area contributed by atoms with E-state index in [-0.39, 0.29) is 29.8 Å². The summed E-state index contributed by atoms with van der Waals surface area (Å²) < 4.78 is 5.16. The number of carbonyl (C=O) groups excluding carboxylic acids is 2. The van der Waals surface area contributed by atoms with E-state index in [1.54, 1.807) is 35.5 Å². The first kappa shape index (κ1) is 26.0. The van der Waals surface area contributed by atoms with Crippen LogP contribution in [0.25, 0.3) is 0 Å². The monoisotopic (exact) mass is 510 g/mol. The van der Waals surface area contributed by atoms with Crippen LogP contribution in [0.5, 0.6) is 0 Å². The lowest BCUT2D eigenvalue weighted by atomic mass is 9.91. The zero-order valence-corrected chi connectivity index (χ0v) is 22.0. The van der Waals surface area contributed by atoms with Crippen LogP contribution < -0.4 is 0 Å². The molecule has 2 heterocycles. The van der Waals surface area contributed by atoms with Gasteiger partial charge in [0.15, 0.2) is 0 Å². The summed E-state index contributed by atoms with van der Waals surface area (Å²) in [5, 5.41) is 3.14. The molecule has 5 nitrogen and oxygen atoms in total. The highest BCUT2D eigenvalue weighted by Crippen LogP contribution is 2.41. The minimum atomic E-state index is -0.296. The van der Waals surface area contributed by atoms with Gasteiger partial charge in [-0.2, -0.15) is 0 Å². The molecule has 1 aliphatic heterocycles. The summed E-state index contributed by atoms with van der Waals surface area (Å²) in [6.45, 7) is 7.73. The van der Waals surface area contributed by atoms with Crippen molar-refractivity contribution in [2.24, 2.45) is 5.41 Å². The maximum Gasteiger partial charge on any atom is 0.242 e. The van der Waals surface area contributed by atoms with Gasteiger partial charge in [0.05, 0.1) is 12.6 Å². The van der Waals surface area contributed by atoms with Crippen LogP contribution in [-0.2, 0) is 20.7 Å². The van der Waals surface area contributed by atoms with E-state index in [1.807, 2.05) is 31.7 Å². The van der Waals surface area contributed by atoms with Crippen LogP contribution in [0.15, 0.2) is 29.6 Å². The Hall–Kier alpha value is -1.60. The first-order valence-electron chi connectivity index (χ1n) is 11.2. The normalized spacial score (nSPS) is 15.9. The van der Waals surface area contributed by atoms with Crippen LogP contribution in [0, 0.1) is 5.41 Å². The van der Waals surface area contributed by atoms with Gasteiger partial charge < -0.3 is 14.5 Å². The number of ether oxygens (including phenoxy) is 1. The molecule has 0 spiro atoms. The van der Waals surface area contributed by atoms with Crippen LogP contribution in [0.2, 0.25) is 10.0 Å². The lowest BCUT2D eigenvalue weighted by Gasteiger charge is -2.38. The van der Waals surface area contributed by atoms with Crippen LogP contribution >= 0.6 is 34.5 Å². The van der Waals surface area contributed by atoms with E-state index >= 15 is 0 Å². The van der Waals surface area contributed by atoms with Gasteiger partial charge in [-0.3, -0.25) is 9.59 Å². The predicted octanol–water partition coefficient (Wildman–Crippen LogP) is 5.83. The third-order valence-corrected chi connectivity index (χ3v) is 7.24. The van der Waals surface area contributed by atoms with Crippen molar-refractivity contribution < 1.29 is 14.3 Å². The predicted molar refractivity (Wildman–Crippen MR) is 135 cm³/mol. The third kappa shape index (κ3) is 6.72. The van der Waals surface area contributed by atoms with Gasteiger partial charge in [0.2, 0.25) is 11.8 Å². The zero-order chi connectivity index (χ0) is 24.2. The molecule has 0 aliphatic carbocycles. The van der Waals surface area contributed by atoms with Crippen molar-refractivity contribution in [2.45, 2.75) is 46.1 Å². The van der Waals surface area contributed by atoms with E-state index in [1.165, 1.54) is 4.88 Å². The fourth-order valence-electron chi connectivity index (χ4n) is 4.15. The SMILES string of the molecule is COCCCN(CC(=O)N1CCc2sccc2C1c1ccc(Cl)cc1Cl)C(=O)CC(C)(C)C. The molecular weight excluding hydrogens is 479 g/mol. The van der Waals surface area contributed by atoms with Gasteiger partial charge in [0.25, 0.3) is 0 Å². The zero-order valence-electron chi connectivity index (χ0n) is 19.7. The Morgan fingerprint density at radius 2 is 1.97 bits per heavy atom. The highest BCUT2D eigenvalue weighted by atomic mass is 35.5. The van der Waals surface area contributed by atoms with Gasteiger partial charge in [-0.25, -0.2) is 0 Å². The number of hydrogen-bond donors (Lipinski definition) is 0. The van der Waals surface area contributed by atoms with Gasteiger partial charge in [-0.15, -0.1) is 11.3 Å². The van der Waals surface area contributed by atoms with Gasteiger partial charge in [-0.05, 0) is 53.0 Å². The van der Waals surface area contributed by atoms with Crippen LogP contribution in [0.4, 0.5) is 0 Å². The fourth-order valence-corrected chi connectivity index (χ4v) is 5.57. The molecule has 0 bridgehead atoms. The van der Waals surface area contributed by atoms with E-state index in [0.717, 1.165) is 17.5 Å². The second-order valence-corrected chi connectivity index (χ2v) is 11.4. The number of rotatable bonds is 8. The Bertz CT molecular complexity index is 986. The lowest BCUT2D eigenvalue weighted by Crippen LogP contribution is -2.47. The second-order valence-electron chi connectivity index (χ2n) is 9.60. The number of nitrogens with zero attached hydrogens (tertiary/aromatic N) is 2. The molecule has 2 amide bonds. The van der Waals surface area contributed by atoms with Crippen LogP contribution in [0.1, 0.15) is 55.7 Å². The molecule has 8 heteroatoms. The Morgan fingerprint density at radius 1 is 1.21 bits per heavy atom. The summed E-state index contributed by atoms with van der Waals surface area (Å²) >= 11 is 14.4. The Morgan fingerprint density at radius 3 is 2.64 bits per heavy atom. The average Bonchev–Trinajstić information content (AvgIpc) is 3.20. The van der Waals surface area contributed by atoms with E-state index in [9.17, 15) is 9.59 Å². The van der Waals surface area contributed by atoms with Crippen molar-refractivity contribution in [3.8, 4) is 0 Å². The smallest absolute Gasteiger partial charge is 0.242 e. The molecule has 180 valence electrons. The topological polar surface area (TPSA) is 49.9 Å². The Kier molecular flexibility index (Phi) is 8.84. The summed E-state index contributed by atoms with van der Waals surface area (Å²) in [6.07, 6.45) is 1.86. The molecule has 1 atom stereocenters. The Balaban J connectivity index is 1.87.